The van der Waals surface area contributed by atoms with Gasteiger partial charge in [-0.15, -0.1) is 0 Å². The Kier molecular flexibility index (Phi) is 3.58. The van der Waals surface area contributed by atoms with Crippen LogP contribution in [0.2, 0.25) is 0 Å². The van der Waals surface area contributed by atoms with Crippen molar-refractivity contribution in [1.82, 2.24) is 15.2 Å². The van der Waals surface area contributed by atoms with Gasteiger partial charge >= 0.3 is 0 Å². The van der Waals surface area contributed by atoms with E-state index < -0.39 is 0 Å². The number of hydrogen-bond donors (Lipinski definition) is 2. The van der Waals surface area contributed by atoms with Crippen LogP contribution in [0.3, 0.4) is 0 Å². The summed E-state index contributed by atoms with van der Waals surface area (Å²) in [6, 6.07) is 3.53. The van der Waals surface area contributed by atoms with Crippen LogP contribution < -0.4 is 11.1 Å². The number of amides is 1. The zero-order valence-electron chi connectivity index (χ0n) is 10.0. The molecule has 0 radical (unpaired) electrons. The van der Waals surface area contributed by atoms with E-state index in [4.69, 9.17) is 5.73 Å². The fraction of sp³-hybridized carbons (Fsp3) is 0.500. The summed E-state index contributed by atoms with van der Waals surface area (Å²) in [5, 5.41) is 3.00. The number of rotatable bonds is 2. The van der Waals surface area contributed by atoms with E-state index in [2.05, 4.69) is 22.2 Å². The van der Waals surface area contributed by atoms with Crippen LogP contribution in [0.4, 0.5) is 5.69 Å². The highest BCUT2D eigenvalue weighted by Gasteiger charge is 2.19. The maximum atomic E-state index is 11.9. The third-order valence-electron chi connectivity index (χ3n) is 3.07. The van der Waals surface area contributed by atoms with E-state index >= 15 is 0 Å². The smallest absolute Gasteiger partial charge is 0.270 e. The molecule has 1 fully saturated rings. The molecule has 17 heavy (non-hydrogen) atoms. The zero-order chi connectivity index (χ0) is 12.3. The summed E-state index contributed by atoms with van der Waals surface area (Å²) in [6.45, 7) is 2.05. The van der Waals surface area contributed by atoms with Crippen molar-refractivity contribution in [1.29, 1.82) is 0 Å². The van der Waals surface area contributed by atoms with Crippen molar-refractivity contribution >= 4 is 11.6 Å². The highest BCUT2D eigenvalue weighted by molar-refractivity contribution is 5.93. The lowest BCUT2D eigenvalue weighted by atomic mass is 10.1. The van der Waals surface area contributed by atoms with Crippen LogP contribution in [0.25, 0.3) is 0 Å². The summed E-state index contributed by atoms with van der Waals surface area (Å²) in [5.74, 6) is -0.133. The fourth-order valence-corrected chi connectivity index (χ4v) is 1.98. The van der Waals surface area contributed by atoms with E-state index in [0.717, 1.165) is 25.9 Å². The highest BCUT2D eigenvalue weighted by Crippen LogP contribution is 2.09. The monoisotopic (exact) mass is 234 g/mol. The summed E-state index contributed by atoms with van der Waals surface area (Å²) < 4.78 is 0. The molecule has 0 unspecified atom stereocenters. The van der Waals surface area contributed by atoms with Crippen molar-refractivity contribution in [2.75, 3.05) is 25.9 Å². The maximum Gasteiger partial charge on any atom is 0.270 e. The molecule has 0 spiro atoms. The number of nitrogens with two attached hydrogens (primary N) is 1. The molecule has 1 amide bonds. The second-order valence-corrected chi connectivity index (χ2v) is 4.53. The van der Waals surface area contributed by atoms with Crippen LogP contribution in [-0.4, -0.2) is 42.0 Å². The molecule has 1 saturated heterocycles. The van der Waals surface area contributed by atoms with Gasteiger partial charge in [0.25, 0.3) is 5.91 Å². The van der Waals surface area contributed by atoms with Gasteiger partial charge in [-0.05, 0) is 45.1 Å². The van der Waals surface area contributed by atoms with Crippen molar-refractivity contribution in [2.45, 2.75) is 18.9 Å². The Morgan fingerprint density at radius 1 is 1.53 bits per heavy atom. The number of pyridine rings is 1. The van der Waals surface area contributed by atoms with E-state index in [1.807, 2.05) is 0 Å². The number of nitrogens with zero attached hydrogens (tertiary/aromatic N) is 2. The third kappa shape index (κ3) is 3.17. The molecule has 1 aliphatic heterocycles. The summed E-state index contributed by atoms with van der Waals surface area (Å²) in [6.07, 6.45) is 3.54. The number of nitrogens with one attached hydrogen (secondary N) is 1. The van der Waals surface area contributed by atoms with Crippen LogP contribution in [0.15, 0.2) is 18.3 Å². The van der Waals surface area contributed by atoms with Gasteiger partial charge in [0.05, 0.1) is 0 Å². The Labute approximate surface area is 101 Å². The quantitative estimate of drug-likeness (QED) is 0.781. The molecule has 5 nitrogen and oxygen atoms in total. The molecule has 2 heterocycles. The lowest BCUT2D eigenvalue weighted by molar-refractivity contribution is 0.0912. The summed E-state index contributed by atoms with van der Waals surface area (Å²) in [7, 11) is 2.09. The largest absolute Gasteiger partial charge is 0.399 e. The number of carbonyl (C=O) groups excluding carboxylic acids is 1. The van der Waals surface area contributed by atoms with Crippen molar-refractivity contribution in [2.24, 2.45) is 0 Å². The molecule has 1 aliphatic rings. The van der Waals surface area contributed by atoms with E-state index in [9.17, 15) is 4.79 Å². The molecule has 1 aromatic heterocycles. The van der Waals surface area contributed by atoms with Gasteiger partial charge < -0.3 is 16.0 Å². The Bertz CT molecular complexity index is 399. The number of nitrogen functional groups attached to an aromatic ring is 1. The number of carbonyl (C=O) groups is 1. The van der Waals surface area contributed by atoms with Crippen LogP contribution in [0, 0.1) is 0 Å². The molecule has 0 atom stereocenters. The lowest BCUT2D eigenvalue weighted by Crippen LogP contribution is -2.43. The van der Waals surface area contributed by atoms with E-state index in [1.165, 1.54) is 0 Å². The molecule has 1 aromatic rings. The molecule has 92 valence electrons. The topological polar surface area (TPSA) is 71.2 Å². The molecule has 0 aromatic carbocycles. The van der Waals surface area contributed by atoms with Gasteiger partial charge in [-0.25, -0.2) is 0 Å². The minimum Gasteiger partial charge on any atom is -0.399 e. The van der Waals surface area contributed by atoms with Gasteiger partial charge in [-0.1, -0.05) is 0 Å². The number of piperidine rings is 1. The van der Waals surface area contributed by atoms with Crippen LogP contribution >= 0.6 is 0 Å². The average Bonchev–Trinajstić information content (AvgIpc) is 2.32. The standard InChI is InChI=1S/C12H18N4O/c1-16-6-3-10(4-7-16)15-12(17)11-8-9(13)2-5-14-11/h2,5,8,10H,3-4,6-7H2,1H3,(H2,13,14)(H,15,17). The summed E-state index contributed by atoms with van der Waals surface area (Å²) in [4.78, 5) is 18.2. The Hall–Kier alpha value is -1.62. The Morgan fingerprint density at radius 3 is 2.88 bits per heavy atom. The predicted molar refractivity (Wildman–Crippen MR) is 66.6 cm³/mol. The number of hydrogen-bond acceptors (Lipinski definition) is 4. The fourth-order valence-electron chi connectivity index (χ4n) is 1.98. The van der Waals surface area contributed by atoms with Crippen molar-refractivity contribution in [3.05, 3.63) is 24.0 Å². The first-order chi connectivity index (χ1) is 8.15. The number of aromatic nitrogens is 1. The molecule has 5 heteroatoms. The minimum absolute atomic E-state index is 0.133. The van der Waals surface area contributed by atoms with Gasteiger partial charge in [0.1, 0.15) is 5.69 Å². The number of likely N-dealkylation sites (tertiary alicyclic amines) is 1. The molecule has 0 saturated carbocycles. The van der Waals surface area contributed by atoms with Crippen LogP contribution in [0.5, 0.6) is 0 Å². The SMILES string of the molecule is CN1CCC(NC(=O)c2cc(N)ccn2)CC1. The maximum absolute atomic E-state index is 11.9. The first-order valence-electron chi connectivity index (χ1n) is 5.86. The van der Waals surface area contributed by atoms with E-state index in [0.29, 0.717) is 11.4 Å². The van der Waals surface area contributed by atoms with Gasteiger partial charge in [0, 0.05) is 17.9 Å². The molecular formula is C12H18N4O. The summed E-state index contributed by atoms with van der Waals surface area (Å²) in [5.41, 5.74) is 6.58. The second-order valence-electron chi connectivity index (χ2n) is 4.53. The Morgan fingerprint density at radius 2 is 2.24 bits per heavy atom. The van der Waals surface area contributed by atoms with Crippen molar-refractivity contribution in [3.63, 3.8) is 0 Å². The summed E-state index contributed by atoms with van der Waals surface area (Å²) >= 11 is 0. The van der Waals surface area contributed by atoms with Crippen molar-refractivity contribution < 1.29 is 4.79 Å². The number of anilines is 1. The van der Waals surface area contributed by atoms with Crippen molar-refractivity contribution in [3.8, 4) is 0 Å². The predicted octanol–water partition coefficient (Wildman–Crippen LogP) is 0.488. The zero-order valence-corrected chi connectivity index (χ0v) is 10.0. The van der Waals surface area contributed by atoms with E-state index in [-0.39, 0.29) is 11.9 Å². The lowest BCUT2D eigenvalue weighted by Gasteiger charge is -2.29. The molecule has 0 bridgehead atoms. The minimum atomic E-state index is -0.133. The van der Waals surface area contributed by atoms with Gasteiger partial charge in [-0.2, -0.15) is 0 Å². The van der Waals surface area contributed by atoms with Crippen LogP contribution in [-0.2, 0) is 0 Å². The normalized spacial score (nSPS) is 17.9. The van der Waals surface area contributed by atoms with Gasteiger partial charge in [0.15, 0.2) is 0 Å². The molecule has 3 N–H and O–H groups in total. The second kappa shape index (κ2) is 5.14. The van der Waals surface area contributed by atoms with Gasteiger partial charge in [0.2, 0.25) is 0 Å². The van der Waals surface area contributed by atoms with E-state index in [1.54, 1.807) is 18.3 Å². The average molecular weight is 234 g/mol. The first-order valence-corrected chi connectivity index (χ1v) is 5.86. The molecular weight excluding hydrogens is 216 g/mol. The third-order valence-corrected chi connectivity index (χ3v) is 3.07. The molecule has 0 aliphatic carbocycles. The molecule has 2 rings (SSSR count). The van der Waals surface area contributed by atoms with Gasteiger partial charge in [-0.3, -0.25) is 9.78 Å². The van der Waals surface area contributed by atoms with Crippen LogP contribution in [0.1, 0.15) is 23.3 Å². The Balaban J connectivity index is 1.93. The first kappa shape index (κ1) is 11.9. The highest BCUT2D eigenvalue weighted by atomic mass is 16.1.